The fraction of sp³-hybridized carbons (Fsp3) is 1.00. The van der Waals surface area contributed by atoms with Gasteiger partial charge in [-0.1, -0.05) is 20.3 Å². The van der Waals surface area contributed by atoms with Crippen molar-refractivity contribution in [3.63, 3.8) is 0 Å². The normalized spacial score (nSPS) is 29.7. The molecule has 3 heteroatoms. The molecular formula is C16H34N2S. The van der Waals surface area contributed by atoms with Gasteiger partial charge in [0, 0.05) is 24.4 Å². The van der Waals surface area contributed by atoms with Crippen LogP contribution in [-0.4, -0.2) is 49.6 Å². The molecule has 1 aliphatic carbocycles. The lowest BCUT2D eigenvalue weighted by Gasteiger charge is -2.39. The van der Waals surface area contributed by atoms with E-state index in [1.165, 1.54) is 44.4 Å². The smallest absolute Gasteiger partial charge is 0.0180 e. The number of hydrogen-bond donors (Lipinski definition) is 1. The molecule has 0 heterocycles. The quantitative estimate of drug-likeness (QED) is 0.735. The maximum Gasteiger partial charge on any atom is 0.0180 e. The van der Waals surface area contributed by atoms with Crippen molar-refractivity contribution in [3.05, 3.63) is 0 Å². The monoisotopic (exact) mass is 286 g/mol. The average Bonchev–Trinajstić information content (AvgIpc) is 2.44. The molecule has 0 saturated heterocycles. The molecule has 1 fully saturated rings. The van der Waals surface area contributed by atoms with Crippen molar-refractivity contribution >= 4 is 11.8 Å². The predicted octanol–water partition coefficient (Wildman–Crippen LogP) is 3.47. The van der Waals surface area contributed by atoms with Crippen LogP contribution in [0.3, 0.4) is 0 Å². The van der Waals surface area contributed by atoms with Crippen molar-refractivity contribution < 1.29 is 0 Å². The van der Waals surface area contributed by atoms with E-state index in [1.54, 1.807) is 0 Å². The van der Waals surface area contributed by atoms with E-state index in [-0.39, 0.29) is 0 Å². The van der Waals surface area contributed by atoms with Crippen molar-refractivity contribution in [1.82, 2.24) is 10.2 Å². The van der Waals surface area contributed by atoms with Gasteiger partial charge < -0.3 is 10.2 Å². The molecule has 0 aromatic carbocycles. The second kappa shape index (κ2) is 9.25. The van der Waals surface area contributed by atoms with E-state index < -0.39 is 0 Å². The fourth-order valence-electron chi connectivity index (χ4n) is 3.58. The van der Waals surface area contributed by atoms with Gasteiger partial charge in [0.2, 0.25) is 0 Å². The second-order valence-electron chi connectivity index (χ2n) is 6.20. The third-order valence-corrected chi connectivity index (χ3v) is 5.73. The molecular weight excluding hydrogens is 252 g/mol. The van der Waals surface area contributed by atoms with E-state index in [2.05, 4.69) is 44.4 Å². The summed E-state index contributed by atoms with van der Waals surface area (Å²) in [6.07, 6.45) is 9.06. The average molecular weight is 287 g/mol. The summed E-state index contributed by atoms with van der Waals surface area (Å²) in [5.41, 5.74) is 0. The molecule has 1 N–H and O–H groups in total. The number of nitrogens with zero attached hydrogens (tertiary/aromatic N) is 1. The van der Waals surface area contributed by atoms with Crippen LogP contribution >= 0.6 is 11.8 Å². The van der Waals surface area contributed by atoms with E-state index in [4.69, 9.17) is 0 Å². The lowest BCUT2D eigenvalue weighted by molar-refractivity contribution is 0.136. The molecule has 1 aliphatic rings. The van der Waals surface area contributed by atoms with E-state index in [0.717, 1.165) is 23.9 Å². The highest BCUT2D eigenvalue weighted by Gasteiger charge is 2.30. The zero-order valence-corrected chi connectivity index (χ0v) is 14.4. The standard InChI is InChI=1S/C16H34N2S/c1-6-13-8-9-16(17-3)14(10-13)11-18(4)15(7-2)12-19-5/h13-17H,6-12H2,1-5H3. The van der Waals surface area contributed by atoms with Crippen LogP contribution in [0.4, 0.5) is 0 Å². The molecule has 19 heavy (non-hydrogen) atoms. The summed E-state index contributed by atoms with van der Waals surface area (Å²) in [7, 11) is 4.47. The molecule has 0 radical (unpaired) electrons. The number of thioether (sulfide) groups is 1. The first-order chi connectivity index (χ1) is 9.15. The van der Waals surface area contributed by atoms with Crippen LogP contribution in [0, 0.1) is 11.8 Å². The van der Waals surface area contributed by atoms with Crippen LogP contribution in [0.5, 0.6) is 0 Å². The Morgan fingerprint density at radius 1 is 1.32 bits per heavy atom. The molecule has 0 aliphatic heterocycles. The highest BCUT2D eigenvalue weighted by atomic mass is 32.2. The Hall–Kier alpha value is 0.270. The van der Waals surface area contributed by atoms with E-state index in [1.807, 2.05) is 11.8 Å². The highest BCUT2D eigenvalue weighted by Crippen LogP contribution is 2.32. The molecule has 0 bridgehead atoms. The van der Waals surface area contributed by atoms with Gasteiger partial charge in [0.05, 0.1) is 0 Å². The largest absolute Gasteiger partial charge is 0.317 e. The van der Waals surface area contributed by atoms with Gasteiger partial charge in [-0.25, -0.2) is 0 Å². The summed E-state index contributed by atoms with van der Waals surface area (Å²) >= 11 is 1.98. The first-order valence-electron chi connectivity index (χ1n) is 8.02. The highest BCUT2D eigenvalue weighted by molar-refractivity contribution is 7.98. The maximum atomic E-state index is 3.56. The van der Waals surface area contributed by atoms with Gasteiger partial charge in [0.25, 0.3) is 0 Å². The lowest BCUT2D eigenvalue weighted by atomic mass is 9.76. The molecule has 4 unspecified atom stereocenters. The van der Waals surface area contributed by atoms with Crippen molar-refractivity contribution in [1.29, 1.82) is 0 Å². The SMILES string of the molecule is CCC1CCC(NC)C(CN(C)C(CC)CSC)C1. The Kier molecular flexibility index (Phi) is 8.43. The van der Waals surface area contributed by atoms with Gasteiger partial charge in [0.15, 0.2) is 0 Å². The molecule has 0 amide bonds. The zero-order valence-electron chi connectivity index (χ0n) is 13.6. The maximum absolute atomic E-state index is 3.56. The Bertz CT molecular complexity index is 235. The van der Waals surface area contributed by atoms with Crippen molar-refractivity contribution in [2.45, 2.75) is 58.0 Å². The van der Waals surface area contributed by atoms with Gasteiger partial charge >= 0.3 is 0 Å². The lowest BCUT2D eigenvalue weighted by Crippen LogP contribution is -2.46. The molecule has 4 atom stereocenters. The molecule has 0 aromatic rings. The summed E-state index contributed by atoms with van der Waals surface area (Å²) in [6, 6.07) is 1.48. The van der Waals surface area contributed by atoms with E-state index in [9.17, 15) is 0 Å². The first-order valence-corrected chi connectivity index (χ1v) is 9.41. The summed E-state index contributed by atoms with van der Waals surface area (Å²) < 4.78 is 0. The number of nitrogens with one attached hydrogen (secondary N) is 1. The minimum Gasteiger partial charge on any atom is -0.317 e. The Morgan fingerprint density at radius 2 is 2.05 bits per heavy atom. The summed E-state index contributed by atoms with van der Waals surface area (Å²) in [5.74, 6) is 3.06. The van der Waals surface area contributed by atoms with Gasteiger partial charge in [-0.3, -0.25) is 0 Å². The topological polar surface area (TPSA) is 15.3 Å². The van der Waals surface area contributed by atoms with E-state index in [0.29, 0.717) is 0 Å². The third-order valence-electron chi connectivity index (χ3n) is 5.02. The van der Waals surface area contributed by atoms with Gasteiger partial charge in [-0.05, 0) is 57.9 Å². The van der Waals surface area contributed by atoms with Gasteiger partial charge in [-0.15, -0.1) is 0 Å². The minimum absolute atomic E-state index is 0.733. The van der Waals surface area contributed by atoms with Gasteiger partial charge in [0.1, 0.15) is 0 Å². The molecule has 114 valence electrons. The van der Waals surface area contributed by atoms with Crippen molar-refractivity contribution in [3.8, 4) is 0 Å². The van der Waals surface area contributed by atoms with Crippen LogP contribution in [0.1, 0.15) is 46.0 Å². The Morgan fingerprint density at radius 3 is 2.58 bits per heavy atom. The predicted molar refractivity (Wildman–Crippen MR) is 89.1 cm³/mol. The molecule has 1 rings (SSSR count). The van der Waals surface area contributed by atoms with Crippen LogP contribution < -0.4 is 5.32 Å². The summed E-state index contributed by atoms with van der Waals surface area (Å²) in [4.78, 5) is 2.61. The Labute approximate surface area is 125 Å². The van der Waals surface area contributed by atoms with Crippen molar-refractivity contribution in [2.24, 2.45) is 11.8 Å². The summed E-state index contributed by atoms with van der Waals surface area (Å²) in [6.45, 7) is 5.94. The molecule has 0 aromatic heterocycles. The van der Waals surface area contributed by atoms with Crippen molar-refractivity contribution in [2.75, 3.05) is 32.6 Å². The third kappa shape index (κ3) is 5.28. The van der Waals surface area contributed by atoms with Gasteiger partial charge in [-0.2, -0.15) is 11.8 Å². The second-order valence-corrected chi connectivity index (χ2v) is 7.11. The summed E-state index contributed by atoms with van der Waals surface area (Å²) in [5, 5.41) is 3.56. The van der Waals surface area contributed by atoms with Crippen LogP contribution in [0.25, 0.3) is 0 Å². The van der Waals surface area contributed by atoms with Crippen LogP contribution in [0.2, 0.25) is 0 Å². The number of rotatable bonds is 8. The fourth-order valence-corrected chi connectivity index (χ4v) is 4.46. The zero-order chi connectivity index (χ0) is 14.3. The Balaban J connectivity index is 2.54. The van der Waals surface area contributed by atoms with Crippen LogP contribution in [-0.2, 0) is 0 Å². The minimum atomic E-state index is 0.733. The first kappa shape index (κ1) is 17.3. The molecule has 0 spiro atoms. The molecule has 1 saturated carbocycles. The van der Waals surface area contributed by atoms with E-state index >= 15 is 0 Å². The number of hydrogen-bond acceptors (Lipinski definition) is 3. The van der Waals surface area contributed by atoms with Crippen LogP contribution in [0.15, 0.2) is 0 Å². The molecule has 2 nitrogen and oxygen atoms in total.